The maximum atomic E-state index is 12.8. The Kier molecular flexibility index (Phi) is 8.31. The van der Waals surface area contributed by atoms with Crippen molar-refractivity contribution in [3.8, 4) is 0 Å². The fourth-order valence-corrected chi connectivity index (χ4v) is 4.68. The van der Waals surface area contributed by atoms with Gasteiger partial charge in [0.15, 0.2) is 0 Å². The quantitative estimate of drug-likeness (QED) is 0.365. The maximum Gasteiger partial charge on any atom is 0.338 e. The molecule has 1 atom stereocenters. The van der Waals surface area contributed by atoms with Crippen LogP contribution in [0.4, 0.5) is 5.69 Å². The fraction of sp³-hybridized carbons (Fsp3) is 0.458. The second kappa shape index (κ2) is 10.9. The molecule has 0 aromatic heterocycles. The number of ether oxygens (including phenoxy) is 1. The Balaban J connectivity index is 1.78. The van der Waals surface area contributed by atoms with Crippen LogP contribution < -0.4 is 11.1 Å². The summed E-state index contributed by atoms with van der Waals surface area (Å²) in [5.41, 5.74) is 10.3. The van der Waals surface area contributed by atoms with Crippen molar-refractivity contribution in [1.29, 1.82) is 0 Å². The van der Waals surface area contributed by atoms with Crippen LogP contribution in [0.15, 0.2) is 40.9 Å². The van der Waals surface area contributed by atoms with Crippen molar-refractivity contribution in [2.24, 2.45) is 5.92 Å². The minimum absolute atomic E-state index is 0.00371. The zero-order valence-corrected chi connectivity index (χ0v) is 19.1. The van der Waals surface area contributed by atoms with E-state index in [-0.39, 0.29) is 25.2 Å². The number of esters is 1. The van der Waals surface area contributed by atoms with Crippen LogP contribution in [0, 0.1) is 5.92 Å². The van der Waals surface area contributed by atoms with Gasteiger partial charge in [0.1, 0.15) is 6.61 Å². The molecule has 6 heteroatoms. The minimum Gasteiger partial charge on any atom is -0.457 e. The number of nitrogen functional groups attached to an aromatic ring is 1. The molecule has 4 N–H and O–H groups in total. The fourth-order valence-electron chi connectivity index (χ4n) is 4.21. The number of nitrogens with one attached hydrogen (secondary N) is 1. The predicted octanol–water partition coefficient (Wildman–Crippen LogP) is 5.11. The third kappa shape index (κ3) is 5.62. The first-order valence-corrected chi connectivity index (χ1v) is 11.5. The van der Waals surface area contributed by atoms with Crippen LogP contribution in [0.5, 0.6) is 0 Å². The van der Waals surface area contributed by atoms with Gasteiger partial charge in [0.05, 0.1) is 17.9 Å². The standard InChI is InChI=1S/C24H31BrN2O3/c1-2-27-23(18-6-4-3-5-7-18)20-12-19(13-21(25)22(20)26)24(29)30-15-17-10-8-16(14-28)9-11-17/h8-13,18,23,27-28H,2-7,14-15,26H2,1H3. The minimum atomic E-state index is -0.373. The van der Waals surface area contributed by atoms with Gasteiger partial charge in [-0.3, -0.25) is 0 Å². The summed E-state index contributed by atoms with van der Waals surface area (Å²) in [6.45, 7) is 3.12. The Morgan fingerprint density at radius 3 is 2.50 bits per heavy atom. The van der Waals surface area contributed by atoms with Crippen LogP contribution in [-0.2, 0) is 18.0 Å². The van der Waals surface area contributed by atoms with Gasteiger partial charge in [0.25, 0.3) is 0 Å². The number of halogens is 1. The molecule has 2 aromatic carbocycles. The molecular formula is C24H31BrN2O3. The molecule has 1 aliphatic rings. The first kappa shape index (κ1) is 22.8. The van der Waals surface area contributed by atoms with Crippen molar-refractivity contribution in [3.63, 3.8) is 0 Å². The summed E-state index contributed by atoms with van der Waals surface area (Å²) in [5, 5.41) is 12.7. The lowest BCUT2D eigenvalue weighted by Crippen LogP contribution is -2.30. The number of anilines is 1. The molecule has 3 rings (SSSR count). The highest BCUT2D eigenvalue weighted by molar-refractivity contribution is 9.10. The third-order valence-electron chi connectivity index (χ3n) is 5.85. The van der Waals surface area contributed by atoms with Crippen LogP contribution in [-0.4, -0.2) is 17.6 Å². The Bertz CT molecular complexity index is 848. The molecule has 5 nitrogen and oxygen atoms in total. The molecule has 0 bridgehead atoms. The number of nitrogens with two attached hydrogens (primary N) is 1. The highest BCUT2D eigenvalue weighted by atomic mass is 79.9. The van der Waals surface area contributed by atoms with Crippen molar-refractivity contribution in [2.45, 2.75) is 58.3 Å². The van der Waals surface area contributed by atoms with Gasteiger partial charge in [0, 0.05) is 10.5 Å². The van der Waals surface area contributed by atoms with Crippen molar-refractivity contribution < 1.29 is 14.6 Å². The van der Waals surface area contributed by atoms with E-state index in [0.717, 1.165) is 27.7 Å². The van der Waals surface area contributed by atoms with E-state index in [4.69, 9.17) is 15.6 Å². The van der Waals surface area contributed by atoms with Gasteiger partial charge in [-0.1, -0.05) is 50.5 Å². The topological polar surface area (TPSA) is 84.6 Å². The first-order valence-electron chi connectivity index (χ1n) is 10.7. The molecule has 0 heterocycles. The summed E-state index contributed by atoms with van der Waals surface area (Å²) in [6, 6.07) is 11.1. The predicted molar refractivity (Wildman–Crippen MR) is 123 cm³/mol. The van der Waals surface area contributed by atoms with E-state index in [0.29, 0.717) is 17.2 Å². The zero-order chi connectivity index (χ0) is 21.5. The monoisotopic (exact) mass is 474 g/mol. The Hall–Kier alpha value is -1.89. The summed E-state index contributed by atoms with van der Waals surface area (Å²) >= 11 is 3.54. The van der Waals surface area contributed by atoms with E-state index in [2.05, 4.69) is 28.2 Å². The van der Waals surface area contributed by atoms with Gasteiger partial charge in [-0.15, -0.1) is 0 Å². The van der Waals surface area contributed by atoms with Gasteiger partial charge in [-0.2, -0.15) is 0 Å². The molecule has 0 aliphatic heterocycles. The molecule has 2 aromatic rings. The normalized spacial score (nSPS) is 15.7. The van der Waals surface area contributed by atoms with E-state index < -0.39 is 0 Å². The maximum absolute atomic E-state index is 12.8. The van der Waals surface area contributed by atoms with Crippen LogP contribution in [0.3, 0.4) is 0 Å². The molecule has 1 unspecified atom stereocenters. The van der Waals surface area contributed by atoms with Gasteiger partial charge in [-0.25, -0.2) is 4.79 Å². The van der Waals surface area contributed by atoms with Gasteiger partial charge in [0.2, 0.25) is 0 Å². The van der Waals surface area contributed by atoms with Crippen LogP contribution in [0.1, 0.15) is 72.1 Å². The van der Waals surface area contributed by atoms with Crippen LogP contribution in [0.25, 0.3) is 0 Å². The molecule has 0 radical (unpaired) electrons. The van der Waals surface area contributed by atoms with Crippen molar-refractivity contribution in [2.75, 3.05) is 12.3 Å². The Morgan fingerprint density at radius 2 is 1.87 bits per heavy atom. The molecule has 1 saturated carbocycles. The van der Waals surface area contributed by atoms with Crippen LogP contribution >= 0.6 is 15.9 Å². The smallest absolute Gasteiger partial charge is 0.338 e. The van der Waals surface area contributed by atoms with E-state index in [9.17, 15) is 4.79 Å². The number of carbonyl (C=O) groups excluding carboxylic acids is 1. The lowest BCUT2D eigenvalue weighted by atomic mass is 9.80. The number of aliphatic hydroxyl groups excluding tert-OH is 1. The second-order valence-corrected chi connectivity index (χ2v) is 8.80. The second-order valence-electron chi connectivity index (χ2n) is 7.95. The number of hydrogen-bond donors (Lipinski definition) is 3. The Labute approximate surface area is 187 Å². The molecule has 162 valence electrons. The zero-order valence-electron chi connectivity index (χ0n) is 17.5. The number of rotatable bonds is 8. The van der Waals surface area contributed by atoms with E-state index in [1.807, 2.05) is 30.3 Å². The van der Waals surface area contributed by atoms with Crippen molar-refractivity contribution in [3.05, 3.63) is 63.1 Å². The van der Waals surface area contributed by atoms with E-state index in [1.165, 1.54) is 32.1 Å². The molecule has 1 fully saturated rings. The van der Waals surface area contributed by atoms with Crippen molar-refractivity contribution in [1.82, 2.24) is 5.32 Å². The SMILES string of the molecule is CCNC(c1cc(C(=O)OCc2ccc(CO)cc2)cc(Br)c1N)C1CCCCC1. The first-order chi connectivity index (χ1) is 14.5. The lowest BCUT2D eigenvalue weighted by Gasteiger charge is -2.32. The van der Waals surface area contributed by atoms with Crippen molar-refractivity contribution >= 4 is 27.6 Å². The number of carbonyl (C=O) groups is 1. The van der Waals surface area contributed by atoms with E-state index in [1.54, 1.807) is 6.07 Å². The summed E-state index contributed by atoms with van der Waals surface area (Å²) in [4.78, 5) is 12.8. The van der Waals surface area contributed by atoms with Gasteiger partial charge in [-0.05, 0) is 70.1 Å². The van der Waals surface area contributed by atoms with Gasteiger partial charge >= 0.3 is 5.97 Å². The van der Waals surface area contributed by atoms with Gasteiger partial charge < -0.3 is 20.9 Å². The average Bonchev–Trinajstić information content (AvgIpc) is 2.78. The largest absolute Gasteiger partial charge is 0.457 e. The van der Waals surface area contributed by atoms with Crippen LogP contribution in [0.2, 0.25) is 0 Å². The summed E-state index contributed by atoms with van der Waals surface area (Å²) in [5.74, 6) is 0.145. The average molecular weight is 475 g/mol. The third-order valence-corrected chi connectivity index (χ3v) is 6.51. The summed E-state index contributed by atoms with van der Waals surface area (Å²) in [6.07, 6.45) is 6.12. The Morgan fingerprint density at radius 1 is 1.20 bits per heavy atom. The molecule has 1 aliphatic carbocycles. The van der Waals surface area contributed by atoms with E-state index >= 15 is 0 Å². The molecular weight excluding hydrogens is 444 g/mol. The lowest BCUT2D eigenvalue weighted by molar-refractivity contribution is 0.0472. The number of benzene rings is 2. The highest BCUT2D eigenvalue weighted by Gasteiger charge is 2.27. The summed E-state index contributed by atoms with van der Waals surface area (Å²) < 4.78 is 6.26. The molecule has 0 saturated heterocycles. The number of hydrogen-bond acceptors (Lipinski definition) is 5. The molecule has 30 heavy (non-hydrogen) atoms. The summed E-state index contributed by atoms with van der Waals surface area (Å²) in [7, 11) is 0. The molecule has 0 spiro atoms. The number of aliphatic hydroxyl groups is 1. The molecule has 0 amide bonds. The highest BCUT2D eigenvalue weighted by Crippen LogP contribution is 2.39.